The molecule has 7 heteroatoms. The van der Waals surface area contributed by atoms with Crippen molar-refractivity contribution in [3.63, 3.8) is 0 Å². The van der Waals surface area contributed by atoms with Crippen LogP contribution in [0.5, 0.6) is 0 Å². The number of nitro groups is 1. The van der Waals surface area contributed by atoms with E-state index in [2.05, 4.69) is 21.2 Å². The Morgan fingerprint density at radius 2 is 2.16 bits per heavy atom. The summed E-state index contributed by atoms with van der Waals surface area (Å²) < 4.78 is 0.636. The van der Waals surface area contributed by atoms with Crippen LogP contribution in [0.25, 0.3) is 0 Å². The molecule has 0 heterocycles. The summed E-state index contributed by atoms with van der Waals surface area (Å²) in [5.74, 6) is -0.151. The van der Waals surface area contributed by atoms with Gasteiger partial charge in [0.2, 0.25) is 5.91 Å². The molecular weight excluding hydrogens is 314 g/mol. The average molecular weight is 330 g/mol. The van der Waals surface area contributed by atoms with Gasteiger partial charge < -0.3 is 10.2 Å². The Morgan fingerprint density at radius 3 is 2.68 bits per heavy atom. The van der Waals surface area contributed by atoms with Gasteiger partial charge in [-0.2, -0.15) is 0 Å². The number of nitrogens with one attached hydrogen (secondary N) is 1. The molecule has 1 N–H and O–H groups in total. The van der Waals surface area contributed by atoms with Gasteiger partial charge in [-0.1, -0.05) is 15.9 Å². The second-order valence-electron chi connectivity index (χ2n) is 3.86. The molecule has 1 rings (SSSR count). The third kappa shape index (κ3) is 4.20. The summed E-state index contributed by atoms with van der Waals surface area (Å²) in [6.07, 6.45) is 0. The maximum Gasteiger partial charge on any atom is 0.293 e. The van der Waals surface area contributed by atoms with E-state index in [4.69, 9.17) is 0 Å². The highest BCUT2D eigenvalue weighted by Crippen LogP contribution is 2.30. The summed E-state index contributed by atoms with van der Waals surface area (Å²) in [7, 11) is 0. The topological polar surface area (TPSA) is 75.5 Å². The van der Waals surface area contributed by atoms with Gasteiger partial charge >= 0.3 is 0 Å². The van der Waals surface area contributed by atoms with Crippen molar-refractivity contribution in [3.8, 4) is 0 Å². The number of hydrogen-bond acceptors (Lipinski definition) is 4. The van der Waals surface area contributed by atoms with E-state index in [0.717, 1.165) is 0 Å². The molecule has 0 aromatic heterocycles. The quantitative estimate of drug-likeness (QED) is 0.642. The molecule has 0 aliphatic rings. The van der Waals surface area contributed by atoms with E-state index in [1.54, 1.807) is 17.0 Å². The van der Waals surface area contributed by atoms with E-state index in [-0.39, 0.29) is 18.1 Å². The van der Waals surface area contributed by atoms with Gasteiger partial charge in [-0.3, -0.25) is 14.9 Å². The number of anilines is 1. The van der Waals surface area contributed by atoms with Crippen LogP contribution in [0.3, 0.4) is 0 Å². The molecule has 19 heavy (non-hydrogen) atoms. The number of benzene rings is 1. The molecule has 0 aliphatic heterocycles. The molecule has 1 aromatic rings. The predicted octanol–water partition coefficient (Wildman–Crippen LogP) is 2.32. The number of halogens is 1. The molecule has 0 atom stereocenters. The van der Waals surface area contributed by atoms with Crippen LogP contribution in [0, 0.1) is 10.1 Å². The van der Waals surface area contributed by atoms with Crippen LogP contribution >= 0.6 is 15.9 Å². The fourth-order valence-electron chi connectivity index (χ4n) is 1.70. The molecule has 104 valence electrons. The molecule has 1 aromatic carbocycles. The molecule has 0 aliphatic carbocycles. The van der Waals surface area contributed by atoms with Crippen LogP contribution in [-0.4, -0.2) is 30.5 Å². The highest BCUT2D eigenvalue weighted by Gasteiger charge is 2.20. The second-order valence-corrected chi connectivity index (χ2v) is 4.77. The lowest BCUT2D eigenvalue weighted by Crippen LogP contribution is -2.37. The van der Waals surface area contributed by atoms with Gasteiger partial charge in [-0.15, -0.1) is 0 Å². The standard InChI is InChI=1S/C12H16BrN3O3/c1-3-14-12(17)8-15(4-2)10-6-5-9(13)7-11(10)16(18)19/h5-7H,3-4,8H2,1-2H3,(H,14,17). The van der Waals surface area contributed by atoms with Crippen LogP contribution < -0.4 is 10.2 Å². The zero-order chi connectivity index (χ0) is 14.4. The minimum Gasteiger partial charge on any atom is -0.357 e. The minimum atomic E-state index is -0.444. The van der Waals surface area contributed by atoms with E-state index >= 15 is 0 Å². The third-order valence-corrected chi connectivity index (χ3v) is 3.06. The molecular formula is C12H16BrN3O3. The molecule has 1 amide bonds. The van der Waals surface area contributed by atoms with E-state index in [0.29, 0.717) is 23.2 Å². The number of carbonyl (C=O) groups is 1. The number of nitrogens with zero attached hydrogens (tertiary/aromatic N) is 2. The predicted molar refractivity (Wildman–Crippen MR) is 77.4 cm³/mol. The molecule has 0 spiro atoms. The maximum absolute atomic E-state index is 11.6. The second kappa shape index (κ2) is 7.08. The summed E-state index contributed by atoms with van der Waals surface area (Å²) in [5.41, 5.74) is 0.433. The molecule has 0 saturated carbocycles. The summed E-state index contributed by atoms with van der Waals surface area (Å²) in [6, 6.07) is 4.81. The van der Waals surface area contributed by atoms with Gasteiger partial charge in [-0.25, -0.2) is 0 Å². The van der Waals surface area contributed by atoms with Crippen molar-refractivity contribution in [2.75, 3.05) is 24.5 Å². The van der Waals surface area contributed by atoms with E-state index < -0.39 is 4.92 Å². The fourth-order valence-corrected chi connectivity index (χ4v) is 2.05. The van der Waals surface area contributed by atoms with Crippen molar-refractivity contribution in [1.29, 1.82) is 0 Å². The fraction of sp³-hybridized carbons (Fsp3) is 0.417. The van der Waals surface area contributed by atoms with Gasteiger partial charge in [0.05, 0.1) is 11.5 Å². The zero-order valence-corrected chi connectivity index (χ0v) is 12.4. The number of likely N-dealkylation sites (N-methyl/N-ethyl adjacent to an activating group) is 2. The SMILES string of the molecule is CCNC(=O)CN(CC)c1ccc(Br)cc1[N+](=O)[O-]. The lowest BCUT2D eigenvalue weighted by Gasteiger charge is -2.22. The number of hydrogen-bond donors (Lipinski definition) is 1. The lowest BCUT2D eigenvalue weighted by atomic mass is 10.2. The van der Waals surface area contributed by atoms with Crippen molar-refractivity contribution in [1.82, 2.24) is 5.32 Å². The van der Waals surface area contributed by atoms with E-state index in [1.807, 2.05) is 13.8 Å². The number of rotatable bonds is 6. The van der Waals surface area contributed by atoms with Gasteiger partial charge in [0, 0.05) is 23.6 Å². The van der Waals surface area contributed by atoms with Gasteiger partial charge in [0.15, 0.2) is 0 Å². The van der Waals surface area contributed by atoms with Crippen molar-refractivity contribution < 1.29 is 9.72 Å². The first-order valence-corrected chi connectivity index (χ1v) is 6.74. The molecule has 0 radical (unpaired) electrons. The Hall–Kier alpha value is -1.63. The van der Waals surface area contributed by atoms with Gasteiger partial charge in [-0.05, 0) is 26.0 Å². The van der Waals surface area contributed by atoms with E-state index in [9.17, 15) is 14.9 Å². The zero-order valence-electron chi connectivity index (χ0n) is 10.9. The Bertz CT molecular complexity index is 479. The Kier molecular flexibility index (Phi) is 5.75. The molecule has 0 bridgehead atoms. The molecule has 0 fully saturated rings. The number of nitro benzene ring substituents is 1. The first-order chi connectivity index (χ1) is 8.99. The largest absolute Gasteiger partial charge is 0.357 e. The van der Waals surface area contributed by atoms with Crippen LogP contribution in [0.15, 0.2) is 22.7 Å². The van der Waals surface area contributed by atoms with Crippen LogP contribution in [0.4, 0.5) is 11.4 Å². The third-order valence-electron chi connectivity index (χ3n) is 2.56. The smallest absolute Gasteiger partial charge is 0.293 e. The van der Waals surface area contributed by atoms with Crippen molar-refractivity contribution in [3.05, 3.63) is 32.8 Å². The maximum atomic E-state index is 11.6. The van der Waals surface area contributed by atoms with Gasteiger partial charge in [0.25, 0.3) is 5.69 Å². The van der Waals surface area contributed by atoms with Crippen LogP contribution in [-0.2, 0) is 4.79 Å². The van der Waals surface area contributed by atoms with Crippen molar-refractivity contribution in [2.24, 2.45) is 0 Å². The summed E-state index contributed by atoms with van der Waals surface area (Å²) in [6.45, 7) is 4.84. The van der Waals surface area contributed by atoms with Gasteiger partial charge in [0.1, 0.15) is 5.69 Å². The normalized spacial score (nSPS) is 10.1. The molecule has 0 unspecified atom stereocenters. The van der Waals surface area contributed by atoms with E-state index in [1.165, 1.54) is 6.07 Å². The van der Waals surface area contributed by atoms with Crippen LogP contribution in [0.2, 0.25) is 0 Å². The monoisotopic (exact) mass is 329 g/mol. The first-order valence-electron chi connectivity index (χ1n) is 5.95. The van der Waals surface area contributed by atoms with Crippen LogP contribution in [0.1, 0.15) is 13.8 Å². The minimum absolute atomic E-state index is 0.0134. The average Bonchev–Trinajstić information content (AvgIpc) is 2.36. The number of amides is 1. The Morgan fingerprint density at radius 1 is 1.47 bits per heavy atom. The van der Waals surface area contributed by atoms with Crippen molar-refractivity contribution in [2.45, 2.75) is 13.8 Å². The highest BCUT2D eigenvalue weighted by molar-refractivity contribution is 9.10. The number of carbonyl (C=O) groups excluding carboxylic acids is 1. The Balaban J connectivity index is 3.04. The lowest BCUT2D eigenvalue weighted by molar-refractivity contribution is -0.384. The summed E-state index contributed by atoms with van der Waals surface area (Å²) >= 11 is 3.21. The summed E-state index contributed by atoms with van der Waals surface area (Å²) in [5, 5.41) is 13.7. The molecule has 0 saturated heterocycles. The molecule has 6 nitrogen and oxygen atoms in total. The first kappa shape index (κ1) is 15.4. The summed E-state index contributed by atoms with van der Waals surface area (Å²) in [4.78, 5) is 23.9. The van der Waals surface area contributed by atoms with Crippen molar-refractivity contribution >= 4 is 33.2 Å². The Labute approximate surface area is 120 Å². The highest BCUT2D eigenvalue weighted by atomic mass is 79.9.